The Bertz CT molecular complexity index is 336. The maximum Gasteiger partial charge on any atom is 0.327 e. The Kier molecular flexibility index (Phi) is 4.11. The summed E-state index contributed by atoms with van der Waals surface area (Å²) in [7, 11) is 0. The quantitative estimate of drug-likeness (QED) is 0.201. The van der Waals surface area contributed by atoms with E-state index in [2.05, 4.69) is 10.9 Å². The molecule has 0 aliphatic heterocycles. The van der Waals surface area contributed by atoms with Crippen molar-refractivity contribution in [3.63, 3.8) is 0 Å². The van der Waals surface area contributed by atoms with Gasteiger partial charge in [0.15, 0.2) is 0 Å². The molecule has 0 radical (unpaired) electrons. The molecule has 1 rings (SSSR count). The van der Waals surface area contributed by atoms with Crippen LogP contribution in [0.25, 0.3) is 0 Å². The normalized spacial score (nSPS) is 9.33. The number of phenols is 1. The van der Waals surface area contributed by atoms with Crippen LogP contribution in [0.4, 0.5) is 0 Å². The second-order valence-corrected chi connectivity index (χ2v) is 2.58. The molecule has 0 aliphatic carbocycles. The second-order valence-electron chi connectivity index (χ2n) is 2.58. The molecule has 0 unspecified atom stereocenters. The zero-order valence-electron chi connectivity index (χ0n) is 7.77. The van der Waals surface area contributed by atoms with E-state index in [9.17, 15) is 9.59 Å². The van der Waals surface area contributed by atoms with Gasteiger partial charge in [0.2, 0.25) is 6.41 Å². The number of phenolic OH excluding ortho intramolecular Hbond substituents is 1. The molecule has 1 amide bonds. The van der Waals surface area contributed by atoms with Gasteiger partial charge < -0.3 is 9.84 Å². The molecule has 6 heteroatoms. The minimum atomic E-state index is -0.546. The molecule has 0 saturated heterocycles. The van der Waals surface area contributed by atoms with E-state index in [1.165, 1.54) is 24.3 Å². The van der Waals surface area contributed by atoms with Crippen molar-refractivity contribution in [2.24, 2.45) is 0 Å². The average molecular weight is 210 g/mol. The van der Waals surface area contributed by atoms with Crippen LogP contribution in [-0.2, 0) is 9.59 Å². The van der Waals surface area contributed by atoms with E-state index in [0.29, 0.717) is 12.2 Å². The molecule has 80 valence electrons. The summed E-state index contributed by atoms with van der Waals surface area (Å²) in [6, 6.07) is 5.72. The van der Waals surface area contributed by atoms with E-state index in [1.807, 2.05) is 0 Å². The van der Waals surface area contributed by atoms with Gasteiger partial charge in [-0.05, 0) is 24.3 Å². The highest BCUT2D eigenvalue weighted by Crippen LogP contribution is 2.15. The van der Waals surface area contributed by atoms with Gasteiger partial charge in [-0.15, -0.1) is 0 Å². The van der Waals surface area contributed by atoms with E-state index < -0.39 is 5.97 Å². The van der Waals surface area contributed by atoms with Crippen molar-refractivity contribution in [3.05, 3.63) is 24.3 Å². The van der Waals surface area contributed by atoms with Gasteiger partial charge in [0.1, 0.15) is 18.0 Å². The second kappa shape index (κ2) is 5.61. The number of hydrogen-bond donors (Lipinski definition) is 3. The molecular formula is C9H10N2O4. The third-order valence-electron chi connectivity index (χ3n) is 1.46. The minimum absolute atomic E-state index is 0.0931. The van der Waals surface area contributed by atoms with Crippen molar-refractivity contribution in [1.29, 1.82) is 0 Å². The number of rotatable bonds is 5. The van der Waals surface area contributed by atoms with Gasteiger partial charge in [0, 0.05) is 0 Å². The van der Waals surface area contributed by atoms with Crippen LogP contribution in [0.3, 0.4) is 0 Å². The first-order valence-electron chi connectivity index (χ1n) is 4.14. The molecule has 15 heavy (non-hydrogen) atoms. The number of amides is 1. The number of nitrogens with one attached hydrogen (secondary N) is 2. The predicted molar refractivity (Wildman–Crippen MR) is 50.9 cm³/mol. The van der Waals surface area contributed by atoms with Gasteiger partial charge in [-0.1, -0.05) is 0 Å². The van der Waals surface area contributed by atoms with Crippen molar-refractivity contribution in [2.45, 2.75) is 0 Å². The van der Waals surface area contributed by atoms with Crippen LogP contribution >= 0.6 is 0 Å². The summed E-state index contributed by atoms with van der Waals surface area (Å²) in [4.78, 5) is 20.9. The van der Waals surface area contributed by atoms with Gasteiger partial charge >= 0.3 is 5.97 Å². The van der Waals surface area contributed by atoms with Crippen molar-refractivity contribution in [2.75, 3.05) is 6.54 Å². The summed E-state index contributed by atoms with van der Waals surface area (Å²) in [6.45, 7) is -0.139. The number of benzene rings is 1. The Hall–Kier alpha value is -2.08. The van der Waals surface area contributed by atoms with Gasteiger partial charge in [-0.2, -0.15) is 0 Å². The highest BCUT2D eigenvalue weighted by atomic mass is 16.5. The van der Waals surface area contributed by atoms with Crippen LogP contribution < -0.4 is 15.6 Å². The monoisotopic (exact) mass is 210 g/mol. The third kappa shape index (κ3) is 4.10. The summed E-state index contributed by atoms with van der Waals surface area (Å²) in [5.74, 6) is -0.128. The molecule has 0 aliphatic rings. The van der Waals surface area contributed by atoms with Crippen LogP contribution in [0.15, 0.2) is 24.3 Å². The average Bonchev–Trinajstić information content (AvgIpc) is 2.22. The van der Waals surface area contributed by atoms with E-state index >= 15 is 0 Å². The molecule has 0 bridgehead atoms. The molecule has 6 nitrogen and oxygen atoms in total. The van der Waals surface area contributed by atoms with Crippen molar-refractivity contribution in [1.82, 2.24) is 10.9 Å². The Morgan fingerprint density at radius 3 is 2.67 bits per heavy atom. The lowest BCUT2D eigenvalue weighted by Gasteiger charge is -2.04. The number of aromatic hydroxyl groups is 1. The smallest absolute Gasteiger partial charge is 0.327 e. The Morgan fingerprint density at radius 2 is 2.07 bits per heavy atom. The van der Waals surface area contributed by atoms with Crippen molar-refractivity contribution >= 4 is 12.4 Å². The maximum absolute atomic E-state index is 11.1. The number of hydrogen-bond acceptors (Lipinski definition) is 5. The van der Waals surface area contributed by atoms with Crippen LogP contribution in [-0.4, -0.2) is 24.0 Å². The minimum Gasteiger partial charge on any atom is -0.508 e. The Morgan fingerprint density at radius 1 is 1.40 bits per heavy atom. The molecule has 0 fully saturated rings. The van der Waals surface area contributed by atoms with Crippen LogP contribution in [0.2, 0.25) is 0 Å². The first-order chi connectivity index (χ1) is 7.22. The lowest BCUT2D eigenvalue weighted by atomic mass is 10.3. The van der Waals surface area contributed by atoms with Gasteiger partial charge in [-0.25, -0.2) is 5.43 Å². The molecule has 0 heterocycles. The van der Waals surface area contributed by atoms with Crippen molar-refractivity contribution < 1.29 is 19.4 Å². The SMILES string of the molecule is O=CNNCC(=O)Oc1ccc(O)cc1. The number of hydrazine groups is 1. The zero-order valence-corrected chi connectivity index (χ0v) is 7.77. The molecule has 0 spiro atoms. The van der Waals surface area contributed by atoms with Crippen LogP contribution in [0.1, 0.15) is 0 Å². The van der Waals surface area contributed by atoms with Gasteiger partial charge in [0.05, 0.1) is 0 Å². The van der Waals surface area contributed by atoms with Crippen molar-refractivity contribution in [3.8, 4) is 11.5 Å². The third-order valence-corrected chi connectivity index (χ3v) is 1.46. The summed E-state index contributed by atoms with van der Waals surface area (Å²) in [6.07, 6.45) is 0.411. The van der Waals surface area contributed by atoms with E-state index in [4.69, 9.17) is 9.84 Å². The maximum atomic E-state index is 11.1. The first-order valence-corrected chi connectivity index (χ1v) is 4.14. The number of carbonyl (C=O) groups excluding carboxylic acids is 2. The molecule has 0 saturated carbocycles. The van der Waals surface area contributed by atoms with Gasteiger partial charge in [0.25, 0.3) is 0 Å². The largest absolute Gasteiger partial charge is 0.508 e. The lowest BCUT2D eigenvalue weighted by molar-refractivity contribution is -0.133. The standard InChI is InChI=1S/C9H10N2O4/c12-6-11-10-5-9(14)15-8-3-1-7(13)2-4-8/h1-4,6,10,13H,5H2,(H,11,12). The molecule has 3 N–H and O–H groups in total. The molecule has 0 aromatic heterocycles. The molecule has 1 aromatic rings. The van der Waals surface area contributed by atoms with Crippen LogP contribution in [0.5, 0.6) is 11.5 Å². The molecular weight excluding hydrogens is 200 g/mol. The summed E-state index contributed by atoms with van der Waals surface area (Å²) >= 11 is 0. The summed E-state index contributed by atoms with van der Waals surface area (Å²) < 4.78 is 4.85. The predicted octanol–water partition coefficient (Wildman–Crippen LogP) is -0.452. The molecule has 1 aromatic carbocycles. The van der Waals surface area contributed by atoms with E-state index in [1.54, 1.807) is 0 Å². The molecule has 0 atom stereocenters. The highest BCUT2D eigenvalue weighted by molar-refractivity contribution is 5.74. The Labute approximate surface area is 85.8 Å². The number of esters is 1. The highest BCUT2D eigenvalue weighted by Gasteiger charge is 2.03. The first kappa shape index (κ1) is 11.0. The fraction of sp³-hybridized carbons (Fsp3) is 0.111. The summed E-state index contributed by atoms with van der Waals surface area (Å²) in [5, 5.41) is 8.96. The van der Waals surface area contributed by atoms with Crippen LogP contribution in [0, 0.1) is 0 Å². The fourth-order valence-corrected chi connectivity index (χ4v) is 0.847. The fourth-order valence-electron chi connectivity index (χ4n) is 0.847. The summed E-state index contributed by atoms with van der Waals surface area (Å²) in [5.41, 5.74) is 4.43. The van der Waals surface area contributed by atoms with Gasteiger partial charge in [-0.3, -0.25) is 15.0 Å². The lowest BCUT2D eigenvalue weighted by Crippen LogP contribution is -2.36. The Balaban J connectivity index is 2.37. The number of ether oxygens (including phenoxy) is 1. The number of carbonyl (C=O) groups is 2. The topological polar surface area (TPSA) is 87.7 Å². The van der Waals surface area contributed by atoms with E-state index in [-0.39, 0.29) is 12.3 Å². The van der Waals surface area contributed by atoms with E-state index in [0.717, 1.165) is 0 Å². The zero-order chi connectivity index (χ0) is 11.1.